The molecule has 1 aromatic rings. The van der Waals surface area contributed by atoms with Crippen LogP contribution in [0.5, 0.6) is 0 Å². The fourth-order valence-corrected chi connectivity index (χ4v) is 1.12. The highest BCUT2D eigenvalue weighted by Crippen LogP contribution is 2.05. The zero-order chi connectivity index (χ0) is 8.97. The topological polar surface area (TPSA) is 73.1 Å². The van der Waals surface area contributed by atoms with Crippen molar-refractivity contribution in [3.63, 3.8) is 0 Å². The molecular weight excluding hydrogens is 176 g/mol. The van der Waals surface area contributed by atoms with Gasteiger partial charge >= 0.3 is 0 Å². The van der Waals surface area contributed by atoms with Crippen molar-refractivity contribution in [3.05, 3.63) is 16.1 Å². The number of carbonyl (C=O) groups excluding carboxylic acids is 2. The van der Waals surface area contributed by atoms with Gasteiger partial charge in [0, 0.05) is 11.3 Å². The molecule has 0 radical (unpaired) electrons. The number of hydrogen-bond donors (Lipinski definition) is 1. The van der Waals surface area contributed by atoms with E-state index in [1.165, 1.54) is 11.3 Å². The fraction of sp³-hybridized carbons (Fsp3) is 0. The van der Waals surface area contributed by atoms with Gasteiger partial charge in [-0.2, -0.15) is 0 Å². The van der Waals surface area contributed by atoms with Gasteiger partial charge in [0.25, 0.3) is 5.91 Å². The highest BCUT2D eigenvalue weighted by molar-refractivity contribution is 7.10. The van der Waals surface area contributed by atoms with Crippen LogP contribution < -0.4 is 5.73 Å². The molecule has 5 heteroatoms. The van der Waals surface area contributed by atoms with E-state index in [0.29, 0.717) is 17.0 Å². The van der Waals surface area contributed by atoms with E-state index in [2.05, 4.69) is 16.8 Å². The number of amides is 1. The number of hydrogen-bond acceptors (Lipinski definition) is 4. The second-order valence-electron chi connectivity index (χ2n) is 1.81. The number of rotatable bonds is 1. The average molecular weight is 180 g/mol. The van der Waals surface area contributed by atoms with Gasteiger partial charge in [-0.05, 0) is 5.92 Å². The normalized spacial score (nSPS) is 8.33. The molecule has 0 bridgehead atoms. The molecule has 4 nitrogen and oxygen atoms in total. The zero-order valence-electron chi connectivity index (χ0n) is 5.90. The lowest BCUT2D eigenvalue weighted by atomic mass is 10.5. The first-order chi connectivity index (χ1) is 5.72. The molecule has 60 valence electrons. The van der Waals surface area contributed by atoms with E-state index in [9.17, 15) is 9.59 Å². The molecule has 1 amide bonds. The van der Waals surface area contributed by atoms with Crippen LogP contribution in [0.2, 0.25) is 0 Å². The minimum absolute atomic E-state index is 0.314. The number of thiazole rings is 1. The molecule has 0 aromatic carbocycles. The number of primary amides is 1. The van der Waals surface area contributed by atoms with Crippen molar-refractivity contribution in [3.8, 4) is 11.8 Å². The van der Waals surface area contributed by atoms with Crippen LogP contribution in [0.15, 0.2) is 5.38 Å². The number of nitrogens with zero attached hydrogens (tertiary/aromatic N) is 1. The fourth-order valence-electron chi connectivity index (χ4n) is 0.513. The van der Waals surface area contributed by atoms with Crippen LogP contribution >= 0.6 is 11.3 Å². The van der Waals surface area contributed by atoms with E-state index in [-0.39, 0.29) is 0 Å². The van der Waals surface area contributed by atoms with Crippen molar-refractivity contribution in [2.24, 2.45) is 5.73 Å². The number of aldehydes is 1. The van der Waals surface area contributed by atoms with Crippen LogP contribution in [0.25, 0.3) is 0 Å². The standard InChI is InChI=1S/C7H4N2O2S/c8-6(11)1-2-7-9-5(3-10)4-12-7/h3-4H,(H2,8,11). The van der Waals surface area contributed by atoms with Gasteiger partial charge in [0.1, 0.15) is 5.69 Å². The van der Waals surface area contributed by atoms with E-state index in [1.807, 2.05) is 0 Å². The summed E-state index contributed by atoms with van der Waals surface area (Å²) in [5.41, 5.74) is 5.09. The second kappa shape index (κ2) is 3.64. The molecule has 0 spiro atoms. The van der Waals surface area contributed by atoms with E-state index >= 15 is 0 Å². The van der Waals surface area contributed by atoms with Gasteiger partial charge < -0.3 is 5.73 Å². The third kappa shape index (κ3) is 2.18. The maximum absolute atomic E-state index is 10.2. The maximum Gasteiger partial charge on any atom is 0.293 e. The van der Waals surface area contributed by atoms with Crippen molar-refractivity contribution in [2.75, 3.05) is 0 Å². The van der Waals surface area contributed by atoms with Crippen molar-refractivity contribution in [2.45, 2.75) is 0 Å². The summed E-state index contributed by atoms with van der Waals surface area (Å²) in [5.74, 6) is 3.83. The van der Waals surface area contributed by atoms with Gasteiger partial charge in [0.2, 0.25) is 0 Å². The van der Waals surface area contributed by atoms with Crippen LogP contribution in [-0.2, 0) is 4.79 Å². The average Bonchev–Trinajstić information content (AvgIpc) is 2.48. The Labute approximate surface area is 72.4 Å². The first-order valence-corrected chi connectivity index (χ1v) is 3.82. The summed E-state index contributed by atoms with van der Waals surface area (Å²) in [4.78, 5) is 24.1. The molecule has 0 saturated carbocycles. The highest BCUT2D eigenvalue weighted by atomic mass is 32.1. The van der Waals surface area contributed by atoms with Crippen molar-refractivity contribution in [1.82, 2.24) is 4.98 Å². The predicted molar refractivity (Wildman–Crippen MR) is 43.6 cm³/mol. The van der Waals surface area contributed by atoms with Gasteiger partial charge in [-0.3, -0.25) is 9.59 Å². The quantitative estimate of drug-likeness (QED) is 0.480. The predicted octanol–water partition coefficient (Wildman–Crippen LogP) is -0.208. The Morgan fingerprint density at radius 3 is 3.00 bits per heavy atom. The Morgan fingerprint density at radius 2 is 2.50 bits per heavy atom. The van der Waals surface area contributed by atoms with E-state index in [4.69, 9.17) is 5.73 Å². The van der Waals surface area contributed by atoms with Crippen LogP contribution in [-0.4, -0.2) is 17.2 Å². The van der Waals surface area contributed by atoms with Crippen molar-refractivity contribution in [1.29, 1.82) is 0 Å². The third-order valence-electron chi connectivity index (χ3n) is 0.935. The lowest BCUT2D eigenvalue weighted by molar-refractivity contribution is -0.112. The first-order valence-electron chi connectivity index (χ1n) is 2.94. The maximum atomic E-state index is 10.2. The molecule has 0 aliphatic carbocycles. The summed E-state index contributed by atoms with van der Waals surface area (Å²) in [5, 5.41) is 1.97. The molecule has 1 aromatic heterocycles. The molecule has 1 heterocycles. The van der Waals surface area contributed by atoms with Crippen LogP contribution in [0, 0.1) is 11.8 Å². The molecule has 0 atom stereocenters. The summed E-state index contributed by atoms with van der Waals surface area (Å²) < 4.78 is 0. The number of nitrogens with two attached hydrogens (primary N) is 1. The van der Waals surface area contributed by atoms with Crippen molar-refractivity contribution < 1.29 is 9.59 Å². The molecular formula is C7H4N2O2S. The number of aromatic nitrogens is 1. The minimum atomic E-state index is -0.710. The molecule has 12 heavy (non-hydrogen) atoms. The van der Waals surface area contributed by atoms with Crippen LogP contribution in [0.4, 0.5) is 0 Å². The highest BCUT2D eigenvalue weighted by Gasteiger charge is 1.96. The monoisotopic (exact) mass is 180 g/mol. The van der Waals surface area contributed by atoms with E-state index in [1.54, 1.807) is 5.38 Å². The Hall–Kier alpha value is -1.67. The van der Waals surface area contributed by atoms with Gasteiger partial charge in [-0.1, -0.05) is 0 Å². The summed E-state index contributed by atoms with van der Waals surface area (Å²) in [6, 6.07) is 0. The second-order valence-corrected chi connectivity index (χ2v) is 2.67. The molecule has 1 rings (SSSR count). The minimum Gasteiger partial charge on any atom is -0.359 e. The van der Waals surface area contributed by atoms with Crippen LogP contribution in [0.3, 0.4) is 0 Å². The van der Waals surface area contributed by atoms with Crippen LogP contribution in [0.1, 0.15) is 15.5 Å². The Morgan fingerprint density at radius 1 is 1.75 bits per heavy atom. The summed E-state index contributed by atoms with van der Waals surface area (Å²) in [6.07, 6.45) is 0.617. The summed E-state index contributed by atoms with van der Waals surface area (Å²) in [6.45, 7) is 0. The summed E-state index contributed by atoms with van der Waals surface area (Å²) in [7, 11) is 0. The first kappa shape index (κ1) is 8.43. The molecule has 0 unspecified atom stereocenters. The Kier molecular flexibility index (Phi) is 2.56. The van der Waals surface area contributed by atoms with E-state index < -0.39 is 5.91 Å². The van der Waals surface area contributed by atoms with Crippen molar-refractivity contribution >= 4 is 23.5 Å². The van der Waals surface area contributed by atoms with E-state index in [0.717, 1.165) is 0 Å². The lowest BCUT2D eigenvalue weighted by Crippen LogP contribution is -2.06. The Balaban J connectivity index is 2.85. The largest absolute Gasteiger partial charge is 0.359 e. The molecule has 0 fully saturated rings. The molecule has 2 N–H and O–H groups in total. The van der Waals surface area contributed by atoms with Gasteiger partial charge in [-0.15, -0.1) is 11.3 Å². The molecule has 0 aliphatic heterocycles. The van der Waals surface area contributed by atoms with Gasteiger partial charge in [0.15, 0.2) is 11.3 Å². The van der Waals surface area contributed by atoms with Gasteiger partial charge in [-0.25, -0.2) is 4.98 Å². The Bertz CT molecular complexity index is 372. The smallest absolute Gasteiger partial charge is 0.293 e. The molecule has 0 saturated heterocycles. The molecule has 0 aliphatic rings. The third-order valence-corrected chi connectivity index (χ3v) is 1.71. The van der Waals surface area contributed by atoms with Gasteiger partial charge in [0.05, 0.1) is 0 Å². The lowest BCUT2D eigenvalue weighted by Gasteiger charge is -1.74. The number of carbonyl (C=O) groups is 2. The summed E-state index contributed by atoms with van der Waals surface area (Å²) >= 11 is 1.19. The SMILES string of the molecule is NC(=O)C#Cc1nc(C=O)cs1. The zero-order valence-corrected chi connectivity index (χ0v) is 6.72.